The highest BCUT2D eigenvalue weighted by atomic mass is 16.5. The van der Waals surface area contributed by atoms with E-state index in [4.69, 9.17) is 10.5 Å². The van der Waals surface area contributed by atoms with Crippen molar-refractivity contribution in [1.82, 2.24) is 9.55 Å². The van der Waals surface area contributed by atoms with E-state index in [1.807, 2.05) is 6.92 Å². The summed E-state index contributed by atoms with van der Waals surface area (Å²) in [6, 6.07) is 7.11. The van der Waals surface area contributed by atoms with Crippen LogP contribution in [0.25, 0.3) is 11.0 Å². The first-order valence-electron chi connectivity index (χ1n) is 10.1. The number of aromatic nitrogens is 2. The summed E-state index contributed by atoms with van der Waals surface area (Å²) in [5.41, 5.74) is 9.78. The topological polar surface area (TPSA) is 70.1 Å². The Kier molecular flexibility index (Phi) is 4.88. The molecule has 5 nitrogen and oxygen atoms in total. The van der Waals surface area contributed by atoms with Gasteiger partial charge in [0.25, 0.3) is 0 Å². The number of esters is 1. The molecule has 4 rings (SSSR count). The first-order chi connectivity index (χ1) is 12.7. The lowest BCUT2D eigenvalue weighted by molar-refractivity contribution is -0.149. The van der Waals surface area contributed by atoms with E-state index in [-0.39, 0.29) is 11.9 Å². The number of rotatable bonds is 4. The van der Waals surface area contributed by atoms with E-state index in [9.17, 15) is 4.79 Å². The fourth-order valence-electron chi connectivity index (χ4n) is 4.85. The van der Waals surface area contributed by atoms with E-state index in [0.29, 0.717) is 24.5 Å². The summed E-state index contributed by atoms with van der Waals surface area (Å²) in [7, 11) is 0. The zero-order chi connectivity index (χ0) is 18.1. The summed E-state index contributed by atoms with van der Waals surface area (Å²) in [5.74, 6) is 1.22. The zero-order valence-corrected chi connectivity index (χ0v) is 15.6. The molecular formula is C21H29N3O2. The fourth-order valence-corrected chi connectivity index (χ4v) is 4.85. The smallest absolute Gasteiger partial charge is 0.308 e. The van der Waals surface area contributed by atoms with Crippen LogP contribution in [0.5, 0.6) is 0 Å². The monoisotopic (exact) mass is 355 g/mol. The molecule has 2 aromatic rings. The Hall–Kier alpha value is -2.04. The van der Waals surface area contributed by atoms with Crippen LogP contribution >= 0.6 is 0 Å². The number of carbonyl (C=O) groups excluding carboxylic acids is 1. The Bertz CT molecular complexity index is 784. The molecule has 0 aliphatic heterocycles. The molecule has 0 amide bonds. The summed E-state index contributed by atoms with van der Waals surface area (Å²) in [5, 5.41) is 0. The van der Waals surface area contributed by atoms with Gasteiger partial charge in [-0.3, -0.25) is 4.79 Å². The maximum atomic E-state index is 12.0. The van der Waals surface area contributed by atoms with Crippen molar-refractivity contribution in [3.8, 4) is 0 Å². The Balaban J connectivity index is 1.54. The second kappa shape index (κ2) is 7.29. The van der Waals surface area contributed by atoms with Crippen molar-refractivity contribution in [3.63, 3.8) is 0 Å². The van der Waals surface area contributed by atoms with E-state index in [0.717, 1.165) is 31.2 Å². The molecule has 0 radical (unpaired) electrons. The molecule has 26 heavy (non-hydrogen) atoms. The summed E-state index contributed by atoms with van der Waals surface area (Å²) in [6.07, 6.45) is 8.89. The molecule has 140 valence electrons. The van der Waals surface area contributed by atoms with Gasteiger partial charge in [-0.25, -0.2) is 4.98 Å². The minimum Gasteiger partial charge on any atom is -0.466 e. The lowest BCUT2D eigenvalue weighted by Gasteiger charge is -2.27. The maximum Gasteiger partial charge on any atom is 0.308 e. The molecule has 2 N–H and O–H groups in total. The van der Waals surface area contributed by atoms with Crippen LogP contribution in [0.3, 0.4) is 0 Å². The van der Waals surface area contributed by atoms with Gasteiger partial charge >= 0.3 is 5.97 Å². The van der Waals surface area contributed by atoms with Gasteiger partial charge in [-0.1, -0.05) is 18.9 Å². The standard InChI is InChI=1S/C21H29N3O2/c1-2-26-20(25)15-9-7-14(8-10-15)16-11-12-18-19(13-16)24(21(22)23-18)17-5-3-4-6-17/h11-15,17H,2-10H2,1H3,(H2,22,23). The summed E-state index contributed by atoms with van der Waals surface area (Å²) >= 11 is 0. The van der Waals surface area contributed by atoms with Crippen LogP contribution in [0.4, 0.5) is 5.95 Å². The predicted molar refractivity (Wildman–Crippen MR) is 103 cm³/mol. The van der Waals surface area contributed by atoms with Gasteiger partial charge in [-0.05, 0) is 69.1 Å². The lowest BCUT2D eigenvalue weighted by Crippen LogP contribution is -2.23. The Morgan fingerprint density at radius 1 is 1.19 bits per heavy atom. The van der Waals surface area contributed by atoms with Gasteiger partial charge in [-0.2, -0.15) is 0 Å². The fraction of sp³-hybridized carbons (Fsp3) is 0.619. The molecular weight excluding hydrogens is 326 g/mol. The third-order valence-electron chi connectivity index (χ3n) is 6.25. The van der Waals surface area contributed by atoms with Crippen molar-refractivity contribution in [3.05, 3.63) is 23.8 Å². The van der Waals surface area contributed by atoms with Crippen LogP contribution in [0, 0.1) is 5.92 Å². The summed E-state index contributed by atoms with van der Waals surface area (Å²) in [4.78, 5) is 16.5. The summed E-state index contributed by atoms with van der Waals surface area (Å²) in [6.45, 7) is 2.35. The van der Waals surface area contributed by atoms with Gasteiger partial charge in [0.1, 0.15) is 0 Å². The van der Waals surface area contributed by atoms with Crippen molar-refractivity contribution in [2.75, 3.05) is 12.3 Å². The lowest BCUT2D eigenvalue weighted by atomic mass is 9.78. The van der Waals surface area contributed by atoms with Gasteiger partial charge in [-0.15, -0.1) is 0 Å². The van der Waals surface area contributed by atoms with Crippen molar-refractivity contribution in [2.45, 2.75) is 70.3 Å². The Labute approximate surface area is 154 Å². The largest absolute Gasteiger partial charge is 0.466 e. The number of hydrogen-bond donors (Lipinski definition) is 1. The highest BCUT2D eigenvalue weighted by molar-refractivity contribution is 5.79. The maximum absolute atomic E-state index is 12.0. The number of nitrogen functional groups attached to an aromatic ring is 1. The van der Waals surface area contributed by atoms with Gasteiger partial charge in [0, 0.05) is 6.04 Å². The molecule has 2 aliphatic carbocycles. The molecule has 1 aromatic carbocycles. The highest BCUT2D eigenvalue weighted by Crippen LogP contribution is 2.39. The first-order valence-corrected chi connectivity index (χ1v) is 10.1. The third-order valence-corrected chi connectivity index (χ3v) is 6.25. The van der Waals surface area contributed by atoms with E-state index in [1.54, 1.807) is 0 Å². The van der Waals surface area contributed by atoms with Gasteiger partial charge in [0.2, 0.25) is 5.95 Å². The highest BCUT2D eigenvalue weighted by Gasteiger charge is 2.29. The quantitative estimate of drug-likeness (QED) is 0.816. The SMILES string of the molecule is CCOC(=O)C1CCC(c2ccc3nc(N)n(C4CCCC4)c3c2)CC1. The third kappa shape index (κ3) is 3.19. The minimum absolute atomic E-state index is 0.0199. The number of nitrogens with zero attached hydrogens (tertiary/aromatic N) is 2. The number of anilines is 1. The number of benzene rings is 1. The molecule has 2 saturated carbocycles. The van der Waals surface area contributed by atoms with E-state index in [1.165, 1.54) is 36.8 Å². The molecule has 0 bridgehead atoms. The minimum atomic E-state index is -0.0199. The van der Waals surface area contributed by atoms with Gasteiger partial charge in [0.05, 0.1) is 23.6 Å². The molecule has 2 aliphatic rings. The van der Waals surface area contributed by atoms with Crippen LogP contribution < -0.4 is 5.73 Å². The van der Waals surface area contributed by atoms with Crippen LogP contribution in [0.2, 0.25) is 0 Å². The molecule has 0 unspecified atom stereocenters. The zero-order valence-electron chi connectivity index (χ0n) is 15.6. The number of hydrogen-bond acceptors (Lipinski definition) is 4. The number of ether oxygens (including phenoxy) is 1. The van der Waals surface area contributed by atoms with Gasteiger partial charge in [0.15, 0.2) is 0 Å². The average Bonchev–Trinajstić information content (AvgIpc) is 3.28. The number of nitrogens with two attached hydrogens (primary N) is 1. The second-order valence-corrected chi connectivity index (χ2v) is 7.83. The van der Waals surface area contributed by atoms with E-state index >= 15 is 0 Å². The first kappa shape index (κ1) is 17.4. The molecule has 0 atom stereocenters. The van der Waals surface area contributed by atoms with Crippen LogP contribution in [0.15, 0.2) is 18.2 Å². The van der Waals surface area contributed by atoms with Crippen LogP contribution in [0.1, 0.15) is 75.8 Å². The molecule has 2 fully saturated rings. The van der Waals surface area contributed by atoms with Crippen molar-refractivity contribution in [1.29, 1.82) is 0 Å². The normalized spacial score (nSPS) is 24.2. The van der Waals surface area contributed by atoms with Gasteiger partial charge < -0.3 is 15.0 Å². The molecule has 0 spiro atoms. The predicted octanol–water partition coefficient (Wildman–Crippen LogP) is 4.57. The van der Waals surface area contributed by atoms with Crippen LogP contribution in [-0.4, -0.2) is 22.1 Å². The van der Waals surface area contributed by atoms with Crippen molar-refractivity contribution < 1.29 is 9.53 Å². The van der Waals surface area contributed by atoms with Crippen molar-refractivity contribution in [2.24, 2.45) is 5.92 Å². The number of fused-ring (bicyclic) bond motifs is 1. The van der Waals surface area contributed by atoms with Crippen molar-refractivity contribution >= 4 is 23.0 Å². The molecule has 5 heteroatoms. The molecule has 1 heterocycles. The molecule has 1 aromatic heterocycles. The Morgan fingerprint density at radius 2 is 1.92 bits per heavy atom. The number of imidazole rings is 1. The Morgan fingerprint density at radius 3 is 2.62 bits per heavy atom. The average molecular weight is 355 g/mol. The number of carbonyl (C=O) groups is 1. The second-order valence-electron chi connectivity index (χ2n) is 7.83. The summed E-state index contributed by atoms with van der Waals surface area (Å²) < 4.78 is 7.45. The van der Waals surface area contributed by atoms with E-state index in [2.05, 4.69) is 27.8 Å². The van der Waals surface area contributed by atoms with E-state index < -0.39 is 0 Å². The van der Waals surface area contributed by atoms with Crippen LogP contribution in [-0.2, 0) is 9.53 Å². The molecule has 0 saturated heterocycles.